The van der Waals surface area contributed by atoms with Crippen LogP contribution in [0.3, 0.4) is 0 Å². The standard InChI is InChI=1S/C12H17NO2S/c1-9-5-6-11(16-9)12(15)13-7-3-2-4-10(13)8-14/h5-6,10,14H,2-4,7-8H2,1H3. The van der Waals surface area contributed by atoms with Crippen molar-refractivity contribution in [2.75, 3.05) is 13.2 Å². The molecule has 1 aliphatic heterocycles. The molecule has 0 bridgehead atoms. The molecule has 1 N–H and O–H groups in total. The van der Waals surface area contributed by atoms with Crippen molar-refractivity contribution in [3.8, 4) is 0 Å². The summed E-state index contributed by atoms with van der Waals surface area (Å²) in [6.45, 7) is 2.86. The second-order valence-electron chi connectivity index (χ2n) is 4.24. The van der Waals surface area contributed by atoms with Crippen molar-refractivity contribution in [2.24, 2.45) is 0 Å². The molecule has 1 unspecified atom stereocenters. The molecular weight excluding hydrogens is 222 g/mol. The average molecular weight is 239 g/mol. The van der Waals surface area contributed by atoms with Gasteiger partial charge in [0.15, 0.2) is 0 Å². The van der Waals surface area contributed by atoms with Crippen molar-refractivity contribution in [1.29, 1.82) is 0 Å². The highest BCUT2D eigenvalue weighted by atomic mass is 32.1. The number of carbonyl (C=O) groups is 1. The molecule has 1 aromatic rings. The lowest BCUT2D eigenvalue weighted by atomic mass is 10.0. The van der Waals surface area contributed by atoms with Crippen LogP contribution in [0.4, 0.5) is 0 Å². The quantitative estimate of drug-likeness (QED) is 0.858. The van der Waals surface area contributed by atoms with Crippen molar-refractivity contribution in [1.82, 2.24) is 4.90 Å². The molecule has 1 amide bonds. The summed E-state index contributed by atoms with van der Waals surface area (Å²) >= 11 is 1.53. The van der Waals surface area contributed by atoms with Gasteiger partial charge >= 0.3 is 0 Å². The summed E-state index contributed by atoms with van der Waals surface area (Å²) in [6, 6.07) is 3.87. The third-order valence-corrected chi connectivity index (χ3v) is 4.04. The number of aliphatic hydroxyl groups is 1. The highest BCUT2D eigenvalue weighted by molar-refractivity contribution is 7.13. The van der Waals surface area contributed by atoms with Crippen LogP contribution < -0.4 is 0 Å². The smallest absolute Gasteiger partial charge is 0.264 e. The van der Waals surface area contributed by atoms with E-state index >= 15 is 0 Å². The van der Waals surface area contributed by atoms with E-state index in [0.717, 1.165) is 35.6 Å². The highest BCUT2D eigenvalue weighted by Gasteiger charge is 2.27. The maximum Gasteiger partial charge on any atom is 0.264 e. The van der Waals surface area contributed by atoms with E-state index in [9.17, 15) is 9.90 Å². The lowest BCUT2D eigenvalue weighted by Crippen LogP contribution is -2.45. The van der Waals surface area contributed by atoms with Gasteiger partial charge in [0.1, 0.15) is 0 Å². The number of amides is 1. The summed E-state index contributed by atoms with van der Waals surface area (Å²) in [5.74, 6) is 0.0804. The van der Waals surface area contributed by atoms with Crippen molar-refractivity contribution in [3.05, 3.63) is 21.9 Å². The minimum atomic E-state index is 0.0173. The SMILES string of the molecule is Cc1ccc(C(=O)N2CCCCC2CO)s1. The Morgan fingerprint density at radius 1 is 1.56 bits per heavy atom. The normalized spacial score (nSPS) is 21.1. The number of aryl methyl sites for hydroxylation is 1. The van der Waals surface area contributed by atoms with E-state index in [4.69, 9.17) is 0 Å². The minimum Gasteiger partial charge on any atom is -0.394 e. The molecule has 1 aromatic heterocycles. The number of thiophene rings is 1. The summed E-state index contributed by atoms with van der Waals surface area (Å²) in [4.78, 5) is 16.0. The first kappa shape index (κ1) is 11.6. The molecule has 2 heterocycles. The molecule has 2 rings (SSSR count). The Bertz CT molecular complexity index is 375. The Morgan fingerprint density at radius 2 is 2.38 bits per heavy atom. The van der Waals surface area contributed by atoms with E-state index < -0.39 is 0 Å². The zero-order valence-corrected chi connectivity index (χ0v) is 10.3. The first-order valence-corrected chi connectivity index (χ1v) is 6.52. The predicted octanol–water partition coefficient (Wildman–Crippen LogP) is 2.04. The van der Waals surface area contributed by atoms with Gasteiger partial charge in [0.25, 0.3) is 5.91 Å². The van der Waals surface area contributed by atoms with E-state index in [0.29, 0.717) is 0 Å². The molecule has 0 aromatic carbocycles. The lowest BCUT2D eigenvalue weighted by Gasteiger charge is -2.34. The van der Waals surface area contributed by atoms with Crippen molar-refractivity contribution in [3.63, 3.8) is 0 Å². The number of likely N-dealkylation sites (tertiary alicyclic amines) is 1. The topological polar surface area (TPSA) is 40.5 Å². The summed E-state index contributed by atoms with van der Waals surface area (Å²) in [5, 5.41) is 9.27. The Morgan fingerprint density at radius 3 is 3.00 bits per heavy atom. The van der Waals surface area contributed by atoms with E-state index in [1.807, 2.05) is 24.0 Å². The summed E-state index contributed by atoms with van der Waals surface area (Å²) in [5.41, 5.74) is 0. The second kappa shape index (κ2) is 4.97. The van der Waals surface area contributed by atoms with Gasteiger partial charge < -0.3 is 10.0 Å². The first-order valence-electron chi connectivity index (χ1n) is 5.70. The third kappa shape index (κ3) is 2.28. The number of carbonyl (C=O) groups excluding carboxylic acids is 1. The van der Waals surface area contributed by atoms with Gasteiger partial charge in [-0.05, 0) is 38.3 Å². The monoisotopic (exact) mass is 239 g/mol. The molecule has 3 nitrogen and oxygen atoms in total. The van der Waals surface area contributed by atoms with Gasteiger partial charge in [0, 0.05) is 11.4 Å². The van der Waals surface area contributed by atoms with Crippen LogP contribution in [-0.2, 0) is 0 Å². The van der Waals surface area contributed by atoms with Gasteiger partial charge in [0.2, 0.25) is 0 Å². The first-order chi connectivity index (χ1) is 7.72. The van der Waals surface area contributed by atoms with E-state index in [-0.39, 0.29) is 18.6 Å². The molecule has 1 aliphatic rings. The minimum absolute atomic E-state index is 0.0173. The number of hydrogen-bond acceptors (Lipinski definition) is 3. The van der Waals surface area contributed by atoms with E-state index in [1.54, 1.807) is 0 Å². The summed E-state index contributed by atoms with van der Waals surface area (Å²) < 4.78 is 0. The van der Waals surface area contributed by atoms with Crippen LogP contribution in [0.25, 0.3) is 0 Å². The fraction of sp³-hybridized carbons (Fsp3) is 0.583. The Balaban J connectivity index is 2.13. The molecule has 16 heavy (non-hydrogen) atoms. The molecule has 1 fully saturated rings. The highest BCUT2D eigenvalue weighted by Crippen LogP contribution is 2.23. The molecular formula is C12H17NO2S. The predicted molar refractivity (Wildman–Crippen MR) is 64.8 cm³/mol. The van der Waals surface area contributed by atoms with Crippen LogP contribution in [0.2, 0.25) is 0 Å². The fourth-order valence-corrected chi connectivity index (χ4v) is 2.97. The second-order valence-corrected chi connectivity index (χ2v) is 5.53. The molecule has 0 saturated carbocycles. The molecule has 0 aliphatic carbocycles. The lowest BCUT2D eigenvalue weighted by molar-refractivity contribution is 0.0508. The van der Waals surface area contributed by atoms with Gasteiger partial charge in [-0.25, -0.2) is 0 Å². The van der Waals surface area contributed by atoms with Gasteiger partial charge in [-0.1, -0.05) is 0 Å². The van der Waals surface area contributed by atoms with Gasteiger partial charge in [-0.3, -0.25) is 4.79 Å². The van der Waals surface area contributed by atoms with Crippen LogP contribution >= 0.6 is 11.3 Å². The Hall–Kier alpha value is -0.870. The zero-order valence-electron chi connectivity index (χ0n) is 9.48. The van der Waals surface area contributed by atoms with Gasteiger partial charge in [0.05, 0.1) is 17.5 Å². The van der Waals surface area contributed by atoms with Crippen molar-refractivity contribution in [2.45, 2.75) is 32.2 Å². The van der Waals surface area contributed by atoms with Crippen LogP contribution in [-0.4, -0.2) is 35.1 Å². The Labute approximate surface area is 99.7 Å². The molecule has 1 atom stereocenters. The van der Waals surface area contributed by atoms with Gasteiger partial charge in [-0.2, -0.15) is 0 Å². The van der Waals surface area contributed by atoms with Crippen LogP contribution in [0, 0.1) is 6.92 Å². The number of piperidine rings is 1. The zero-order chi connectivity index (χ0) is 11.5. The number of aliphatic hydroxyl groups excluding tert-OH is 1. The largest absolute Gasteiger partial charge is 0.394 e. The maximum atomic E-state index is 12.2. The van der Waals surface area contributed by atoms with Crippen LogP contribution in [0.15, 0.2) is 12.1 Å². The average Bonchev–Trinajstić information content (AvgIpc) is 2.75. The fourth-order valence-electron chi connectivity index (χ4n) is 2.15. The molecule has 4 heteroatoms. The number of nitrogens with zero attached hydrogens (tertiary/aromatic N) is 1. The van der Waals surface area contributed by atoms with Crippen molar-refractivity contribution >= 4 is 17.2 Å². The molecule has 0 radical (unpaired) electrons. The molecule has 88 valence electrons. The summed E-state index contributed by atoms with van der Waals surface area (Å²) in [6.07, 6.45) is 3.08. The molecule has 1 saturated heterocycles. The Kier molecular flexibility index (Phi) is 3.61. The molecule has 0 spiro atoms. The maximum absolute atomic E-state index is 12.2. The van der Waals surface area contributed by atoms with Crippen LogP contribution in [0.1, 0.15) is 33.8 Å². The third-order valence-electron chi connectivity index (χ3n) is 3.05. The number of hydrogen-bond donors (Lipinski definition) is 1. The van der Waals surface area contributed by atoms with E-state index in [1.165, 1.54) is 11.3 Å². The number of rotatable bonds is 2. The van der Waals surface area contributed by atoms with Gasteiger partial charge in [-0.15, -0.1) is 11.3 Å². The summed E-state index contributed by atoms with van der Waals surface area (Å²) in [7, 11) is 0. The van der Waals surface area contributed by atoms with Crippen LogP contribution in [0.5, 0.6) is 0 Å². The van der Waals surface area contributed by atoms with Crippen molar-refractivity contribution < 1.29 is 9.90 Å². The van der Waals surface area contributed by atoms with E-state index in [2.05, 4.69) is 0 Å².